The number of hydrogen-bond acceptors (Lipinski definition) is 5. The van der Waals surface area contributed by atoms with E-state index in [9.17, 15) is 19.8 Å². The van der Waals surface area contributed by atoms with Gasteiger partial charge in [-0.25, -0.2) is 0 Å². The lowest BCUT2D eigenvalue weighted by Crippen LogP contribution is -2.30. The van der Waals surface area contributed by atoms with E-state index in [2.05, 4.69) is 0 Å². The highest BCUT2D eigenvalue weighted by atomic mass is 35.5. The number of ether oxygens (including phenoxy) is 1. The van der Waals surface area contributed by atoms with E-state index in [0.29, 0.717) is 34.2 Å². The fraction of sp³-hybridized carbons (Fsp3) is 0.185. The van der Waals surface area contributed by atoms with Gasteiger partial charge < -0.3 is 14.9 Å². The Morgan fingerprint density at radius 3 is 2.41 bits per heavy atom. The molecule has 0 aromatic heterocycles. The van der Waals surface area contributed by atoms with Crippen LogP contribution in [0.1, 0.15) is 35.2 Å². The van der Waals surface area contributed by atoms with Gasteiger partial charge in [0.2, 0.25) is 0 Å². The van der Waals surface area contributed by atoms with Crippen molar-refractivity contribution >= 4 is 34.7 Å². The molecule has 6 nitrogen and oxygen atoms in total. The first-order valence-corrected chi connectivity index (χ1v) is 11.2. The molecule has 1 aliphatic heterocycles. The van der Waals surface area contributed by atoms with Crippen LogP contribution in [0.5, 0.6) is 11.5 Å². The average molecular weight is 478 g/mol. The van der Waals surface area contributed by atoms with Crippen molar-refractivity contribution in [2.45, 2.75) is 26.8 Å². The number of benzene rings is 3. The zero-order chi connectivity index (χ0) is 24.6. The highest BCUT2D eigenvalue weighted by Gasteiger charge is 2.47. The summed E-state index contributed by atoms with van der Waals surface area (Å²) >= 11 is 6.19. The Morgan fingerprint density at radius 1 is 1.03 bits per heavy atom. The number of aromatic hydroxyl groups is 1. The van der Waals surface area contributed by atoms with E-state index in [0.717, 1.165) is 11.1 Å². The first-order chi connectivity index (χ1) is 16.2. The number of phenolic OH excluding ortho intramolecular Hbond substituents is 1. The molecule has 2 N–H and O–H groups in total. The highest BCUT2D eigenvalue weighted by molar-refractivity contribution is 6.51. The van der Waals surface area contributed by atoms with Crippen LogP contribution in [0.3, 0.4) is 0 Å². The molecule has 1 atom stereocenters. The van der Waals surface area contributed by atoms with Gasteiger partial charge in [0.15, 0.2) is 0 Å². The Balaban J connectivity index is 1.96. The summed E-state index contributed by atoms with van der Waals surface area (Å²) in [6.45, 7) is 5.94. The minimum absolute atomic E-state index is 0.0477. The number of hydrogen-bond donors (Lipinski definition) is 2. The van der Waals surface area contributed by atoms with Gasteiger partial charge in [-0.2, -0.15) is 0 Å². The third kappa shape index (κ3) is 4.13. The van der Waals surface area contributed by atoms with E-state index in [-0.39, 0.29) is 17.1 Å². The van der Waals surface area contributed by atoms with Crippen molar-refractivity contribution < 1.29 is 24.5 Å². The second-order valence-corrected chi connectivity index (χ2v) is 8.54. The van der Waals surface area contributed by atoms with Crippen LogP contribution in [0.4, 0.5) is 5.69 Å². The van der Waals surface area contributed by atoms with Crippen molar-refractivity contribution in [1.29, 1.82) is 0 Å². The van der Waals surface area contributed by atoms with Crippen molar-refractivity contribution in [3.63, 3.8) is 0 Å². The van der Waals surface area contributed by atoms with Gasteiger partial charge in [-0.1, -0.05) is 35.9 Å². The van der Waals surface area contributed by atoms with E-state index in [1.54, 1.807) is 30.3 Å². The lowest BCUT2D eigenvalue weighted by atomic mass is 9.94. The lowest BCUT2D eigenvalue weighted by Gasteiger charge is -2.27. The minimum Gasteiger partial charge on any atom is -0.508 e. The van der Waals surface area contributed by atoms with E-state index in [1.807, 2.05) is 39.0 Å². The van der Waals surface area contributed by atoms with Gasteiger partial charge in [-0.3, -0.25) is 14.5 Å². The maximum Gasteiger partial charge on any atom is 0.300 e. The second kappa shape index (κ2) is 9.23. The zero-order valence-electron chi connectivity index (χ0n) is 19.0. The van der Waals surface area contributed by atoms with Crippen LogP contribution < -0.4 is 9.64 Å². The van der Waals surface area contributed by atoms with E-state index >= 15 is 0 Å². The number of carbonyl (C=O) groups is 2. The number of nitrogens with zero attached hydrogens (tertiary/aromatic N) is 1. The Kier molecular flexibility index (Phi) is 6.35. The molecule has 1 aliphatic rings. The molecule has 0 aliphatic carbocycles. The molecule has 1 amide bonds. The van der Waals surface area contributed by atoms with Crippen molar-refractivity contribution in [3.05, 3.63) is 93.5 Å². The number of phenols is 1. The Labute approximate surface area is 202 Å². The molecule has 0 bridgehead atoms. The normalized spacial score (nSPS) is 17.3. The van der Waals surface area contributed by atoms with Crippen LogP contribution in [0.2, 0.25) is 5.02 Å². The maximum absolute atomic E-state index is 13.3. The van der Waals surface area contributed by atoms with Gasteiger partial charge in [-0.05, 0) is 73.9 Å². The molecule has 3 aromatic rings. The van der Waals surface area contributed by atoms with Crippen LogP contribution in [0.15, 0.2) is 66.2 Å². The number of aliphatic hydroxyl groups is 1. The summed E-state index contributed by atoms with van der Waals surface area (Å²) in [5.74, 6) is -1.47. The summed E-state index contributed by atoms with van der Waals surface area (Å²) in [6.07, 6.45) is 0. The number of rotatable bonds is 5. The van der Waals surface area contributed by atoms with Gasteiger partial charge >= 0.3 is 0 Å². The van der Waals surface area contributed by atoms with Gasteiger partial charge in [-0.15, -0.1) is 0 Å². The first kappa shape index (κ1) is 23.4. The number of carbonyl (C=O) groups excluding carboxylic acids is 2. The van der Waals surface area contributed by atoms with Crippen molar-refractivity contribution in [2.75, 3.05) is 11.5 Å². The lowest BCUT2D eigenvalue weighted by molar-refractivity contribution is -0.132. The number of halogens is 1. The third-order valence-electron chi connectivity index (χ3n) is 5.78. The molecule has 1 heterocycles. The predicted octanol–water partition coefficient (Wildman–Crippen LogP) is 5.69. The molecular formula is C27H24ClNO5. The topological polar surface area (TPSA) is 87.1 Å². The molecule has 1 unspecified atom stereocenters. The van der Waals surface area contributed by atoms with Gasteiger partial charge in [0, 0.05) is 11.3 Å². The summed E-state index contributed by atoms with van der Waals surface area (Å²) in [5.41, 5.74) is 3.12. The third-order valence-corrected chi connectivity index (χ3v) is 6.09. The smallest absolute Gasteiger partial charge is 0.300 e. The Morgan fingerprint density at radius 2 is 1.74 bits per heavy atom. The number of ketones is 1. The summed E-state index contributed by atoms with van der Waals surface area (Å²) in [5, 5.41) is 21.5. The number of aryl methyl sites for hydroxylation is 2. The van der Waals surface area contributed by atoms with Crippen molar-refractivity contribution in [2.24, 2.45) is 0 Å². The summed E-state index contributed by atoms with van der Waals surface area (Å²) in [7, 11) is 0. The van der Waals surface area contributed by atoms with Crippen LogP contribution in [-0.2, 0) is 9.59 Å². The quantitative estimate of drug-likeness (QED) is 0.280. The largest absolute Gasteiger partial charge is 0.508 e. The summed E-state index contributed by atoms with van der Waals surface area (Å²) in [6, 6.07) is 15.6. The number of Topliss-reactive ketones (excluding diaryl/α,β-unsaturated/α-hetero) is 1. The molecule has 0 spiro atoms. The number of aliphatic hydroxyl groups excluding tert-OH is 1. The first-order valence-electron chi connectivity index (χ1n) is 10.8. The summed E-state index contributed by atoms with van der Waals surface area (Å²) < 4.78 is 5.53. The fourth-order valence-corrected chi connectivity index (χ4v) is 4.28. The monoisotopic (exact) mass is 477 g/mol. The maximum atomic E-state index is 13.3. The van der Waals surface area contributed by atoms with E-state index < -0.39 is 17.7 Å². The minimum atomic E-state index is -0.896. The second-order valence-electron chi connectivity index (χ2n) is 8.13. The van der Waals surface area contributed by atoms with Crippen LogP contribution >= 0.6 is 11.6 Å². The van der Waals surface area contributed by atoms with E-state index in [1.165, 1.54) is 17.0 Å². The average Bonchev–Trinajstić information content (AvgIpc) is 3.07. The molecule has 7 heteroatoms. The van der Waals surface area contributed by atoms with E-state index in [4.69, 9.17) is 16.3 Å². The Bertz CT molecular complexity index is 1310. The molecular weight excluding hydrogens is 454 g/mol. The Hall–Kier alpha value is -3.77. The standard InChI is InChI=1S/C27H24ClNO5/c1-4-34-22-14-18(9-12-20(22)28)25(31)23-24(17-7-10-19(30)11-8-17)29(27(33)26(23)32)21-13-15(2)5-6-16(21)3/h5-14,24,30-31H,4H2,1-3H3/b25-23-. The number of anilines is 1. The molecule has 0 radical (unpaired) electrons. The predicted molar refractivity (Wildman–Crippen MR) is 131 cm³/mol. The van der Waals surface area contributed by atoms with Gasteiger partial charge in [0.1, 0.15) is 17.3 Å². The van der Waals surface area contributed by atoms with Gasteiger partial charge in [0.05, 0.1) is 23.2 Å². The summed E-state index contributed by atoms with van der Waals surface area (Å²) in [4.78, 5) is 28.0. The zero-order valence-corrected chi connectivity index (χ0v) is 19.8. The molecule has 1 fully saturated rings. The van der Waals surface area contributed by atoms with Crippen molar-refractivity contribution in [1.82, 2.24) is 0 Å². The van der Waals surface area contributed by atoms with Gasteiger partial charge in [0.25, 0.3) is 11.7 Å². The molecule has 0 saturated carbocycles. The van der Waals surface area contributed by atoms with Crippen molar-refractivity contribution in [3.8, 4) is 11.5 Å². The van der Waals surface area contributed by atoms with Crippen LogP contribution in [0, 0.1) is 13.8 Å². The SMILES string of the molecule is CCOc1cc(/C(O)=C2/C(=O)C(=O)N(c3cc(C)ccc3C)C2c2ccc(O)cc2)ccc1Cl. The highest BCUT2D eigenvalue weighted by Crippen LogP contribution is 2.44. The van der Waals surface area contributed by atoms with Crippen LogP contribution in [0.25, 0.3) is 5.76 Å². The molecule has 4 rings (SSSR count). The molecule has 3 aromatic carbocycles. The molecule has 1 saturated heterocycles. The molecule has 174 valence electrons. The molecule has 34 heavy (non-hydrogen) atoms. The number of amides is 1. The fourth-order valence-electron chi connectivity index (χ4n) is 4.10. The van der Waals surface area contributed by atoms with Crippen LogP contribution in [-0.4, -0.2) is 28.5 Å².